The summed E-state index contributed by atoms with van der Waals surface area (Å²) >= 11 is 0. The van der Waals surface area contributed by atoms with E-state index in [0.717, 1.165) is 5.56 Å². The fourth-order valence-corrected chi connectivity index (χ4v) is 1.40. The highest BCUT2D eigenvalue weighted by molar-refractivity contribution is 5.77. The van der Waals surface area contributed by atoms with Crippen LogP contribution in [-0.2, 0) is 4.79 Å². The van der Waals surface area contributed by atoms with Gasteiger partial charge in [0.1, 0.15) is 5.75 Å². The van der Waals surface area contributed by atoms with Crippen LogP contribution in [0.2, 0.25) is 0 Å². The average molecular weight is 236 g/mol. The van der Waals surface area contributed by atoms with Crippen molar-refractivity contribution >= 4 is 5.91 Å². The van der Waals surface area contributed by atoms with E-state index in [1.165, 1.54) is 0 Å². The average Bonchev–Trinajstić information content (AvgIpc) is 2.26. The molecule has 3 N–H and O–H groups in total. The Morgan fingerprint density at radius 2 is 2.12 bits per heavy atom. The molecule has 94 valence electrons. The van der Waals surface area contributed by atoms with E-state index >= 15 is 0 Å². The molecule has 0 saturated heterocycles. The Morgan fingerprint density at radius 1 is 1.41 bits per heavy atom. The van der Waals surface area contributed by atoms with Gasteiger partial charge in [0.05, 0.1) is 0 Å². The van der Waals surface area contributed by atoms with E-state index in [4.69, 9.17) is 10.5 Å². The van der Waals surface area contributed by atoms with E-state index in [1.807, 2.05) is 45.0 Å². The van der Waals surface area contributed by atoms with Gasteiger partial charge in [-0.1, -0.05) is 12.1 Å². The molecule has 0 aliphatic carbocycles. The zero-order chi connectivity index (χ0) is 12.8. The van der Waals surface area contributed by atoms with Gasteiger partial charge in [0.25, 0.3) is 5.91 Å². The lowest BCUT2D eigenvalue weighted by Crippen LogP contribution is -2.34. The van der Waals surface area contributed by atoms with Gasteiger partial charge in [-0.05, 0) is 38.5 Å². The molecule has 1 aromatic carbocycles. The summed E-state index contributed by atoms with van der Waals surface area (Å²) < 4.78 is 5.39. The lowest BCUT2D eigenvalue weighted by atomic mass is 10.1. The normalized spacial score (nSPS) is 12.3. The third kappa shape index (κ3) is 4.87. The van der Waals surface area contributed by atoms with Crippen molar-refractivity contribution in [1.29, 1.82) is 0 Å². The summed E-state index contributed by atoms with van der Waals surface area (Å²) in [5, 5.41) is 2.76. The van der Waals surface area contributed by atoms with Crippen LogP contribution in [0.1, 0.15) is 32.4 Å². The number of hydrogen-bond acceptors (Lipinski definition) is 3. The quantitative estimate of drug-likeness (QED) is 0.816. The van der Waals surface area contributed by atoms with Gasteiger partial charge in [-0.15, -0.1) is 0 Å². The van der Waals surface area contributed by atoms with Crippen LogP contribution in [0.15, 0.2) is 24.3 Å². The molecule has 0 aromatic heterocycles. The summed E-state index contributed by atoms with van der Waals surface area (Å²) in [6.07, 6.45) is 0. The molecule has 4 nitrogen and oxygen atoms in total. The Kier molecular flexibility index (Phi) is 4.97. The summed E-state index contributed by atoms with van der Waals surface area (Å²) in [4.78, 5) is 11.4. The predicted molar refractivity (Wildman–Crippen MR) is 67.8 cm³/mol. The first kappa shape index (κ1) is 13.5. The summed E-state index contributed by atoms with van der Waals surface area (Å²) in [6, 6.07) is 7.56. The standard InChI is InChI=1S/C13H20N2O2/c1-9(2)15-13(16)8-17-12-6-4-5-11(7-12)10(3)14/h4-7,9-10H,8,14H2,1-3H3,(H,15,16)/t10-/m0/s1. The van der Waals surface area contributed by atoms with Crippen LogP contribution in [0.3, 0.4) is 0 Å². The Hall–Kier alpha value is -1.55. The minimum absolute atomic E-state index is 0.0284. The minimum Gasteiger partial charge on any atom is -0.484 e. The van der Waals surface area contributed by atoms with E-state index in [0.29, 0.717) is 5.75 Å². The number of nitrogens with one attached hydrogen (secondary N) is 1. The fourth-order valence-electron chi connectivity index (χ4n) is 1.40. The van der Waals surface area contributed by atoms with Crippen LogP contribution < -0.4 is 15.8 Å². The molecule has 1 atom stereocenters. The number of hydrogen-bond donors (Lipinski definition) is 2. The first-order valence-corrected chi connectivity index (χ1v) is 5.76. The van der Waals surface area contributed by atoms with Crippen LogP contribution >= 0.6 is 0 Å². The fraction of sp³-hybridized carbons (Fsp3) is 0.462. The molecule has 0 fully saturated rings. The van der Waals surface area contributed by atoms with Gasteiger partial charge in [0.2, 0.25) is 0 Å². The molecule has 0 spiro atoms. The zero-order valence-electron chi connectivity index (χ0n) is 10.6. The van der Waals surface area contributed by atoms with Crippen molar-refractivity contribution in [1.82, 2.24) is 5.32 Å². The van der Waals surface area contributed by atoms with Crippen LogP contribution in [-0.4, -0.2) is 18.6 Å². The Bertz CT molecular complexity index is 375. The minimum atomic E-state index is -0.119. The molecular formula is C13H20N2O2. The SMILES string of the molecule is CC(C)NC(=O)COc1cccc([C@H](C)N)c1. The lowest BCUT2D eigenvalue weighted by molar-refractivity contribution is -0.123. The molecule has 4 heteroatoms. The Labute approximate surface area is 102 Å². The van der Waals surface area contributed by atoms with E-state index in [9.17, 15) is 4.79 Å². The molecule has 0 saturated carbocycles. The number of rotatable bonds is 5. The van der Waals surface area contributed by atoms with E-state index in [-0.39, 0.29) is 24.6 Å². The van der Waals surface area contributed by atoms with Crippen molar-refractivity contribution in [2.24, 2.45) is 5.73 Å². The smallest absolute Gasteiger partial charge is 0.258 e. The van der Waals surface area contributed by atoms with Crippen molar-refractivity contribution in [2.45, 2.75) is 32.9 Å². The lowest BCUT2D eigenvalue weighted by Gasteiger charge is -2.11. The highest BCUT2D eigenvalue weighted by Gasteiger charge is 2.05. The Balaban J connectivity index is 2.52. The zero-order valence-corrected chi connectivity index (χ0v) is 10.6. The summed E-state index contributed by atoms with van der Waals surface area (Å²) in [6.45, 7) is 5.76. The van der Waals surface area contributed by atoms with Crippen LogP contribution in [0.25, 0.3) is 0 Å². The largest absolute Gasteiger partial charge is 0.484 e. The number of carbonyl (C=O) groups is 1. The molecule has 0 aliphatic heterocycles. The number of ether oxygens (including phenoxy) is 1. The molecule has 1 rings (SSSR count). The second kappa shape index (κ2) is 6.25. The van der Waals surface area contributed by atoms with Gasteiger partial charge < -0.3 is 15.8 Å². The number of amides is 1. The second-order valence-corrected chi connectivity index (χ2v) is 4.37. The monoisotopic (exact) mass is 236 g/mol. The number of nitrogens with two attached hydrogens (primary N) is 1. The van der Waals surface area contributed by atoms with Crippen molar-refractivity contribution in [3.8, 4) is 5.75 Å². The first-order chi connectivity index (χ1) is 7.99. The van der Waals surface area contributed by atoms with Gasteiger partial charge >= 0.3 is 0 Å². The van der Waals surface area contributed by atoms with Crippen LogP contribution in [0, 0.1) is 0 Å². The van der Waals surface area contributed by atoms with Gasteiger partial charge in [-0.3, -0.25) is 4.79 Å². The topological polar surface area (TPSA) is 64.3 Å². The molecule has 17 heavy (non-hydrogen) atoms. The summed E-state index contributed by atoms with van der Waals surface area (Å²) in [7, 11) is 0. The third-order valence-corrected chi connectivity index (χ3v) is 2.20. The molecule has 1 amide bonds. The maximum atomic E-state index is 11.4. The van der Waals surface area contributed by atoms with Crippen LogP contribution in [0.5, 0.6) is 5.75 Å². The van der Waals surface area contributed by atoms with Gasteiger partial charge in [0.15, 0.2) is 6.61 Å². The van der Waals surface area contributed by atoms with Crippen molar-refractivity contribution in [2.75, 3.05) is 6.61 Å². The molecule has 0 heterocycles. The molecule has 1 aromatic rings. The molecule has 0 unspecified atom stereocenters. The van der Waals surface area contributed by atoms with E-state index < -0.39 is 0 Å². The van der Waals surface area contributed by atoms with Crippen LogP contribution in [0.4, 0.5) is 0 Å². The highest BCUT2D eigenvalue weighted by atomic mass is 16.5. The van der Waals surface area contributed by atoms with Gasteiger partial charge in [0, 0.05) is 12.1 Å². The second-order valence-electron chi connectivity index (χ2n) is 4.37. The highest BCUT2D eigenvalue weighted by Crippen LogP contribution is 2.17. The Morgan fingerprint density at radius 3 is 2.71 bits per heavy atom. The number of benzene rings is 1. The van der Waals surface area contributed by atoms with Crippen molar-refractivity contribution in [3.05, 3.63) is 29.8 Å². The molecular weight excluding hydrogens is 216 g/mol. The van der Waals surface area contributed by atoms with E-state index in [2.05, 4.69) is 5.32 Å². The first-order valence-electron chi connectivity index (χ1n) is 5.76. The van der Waals surface area contributed by atoms with Gasteiger partial charge in [-0.2, -0.15) is 0 Å². The maximum Gasteiger partial charge on any atom is 0.258 e. The third-order valence-electron chi connectivity index (χ3n) is 2.20. The van der Waals surface area contributed by atoms with Gasteiger partial charge in [-0.25, -0.2) is 0 Å². The van der Waals surface area contributed by atoms with E-state index in [1.54, 1.807) is 0 Å². The molecule has 0 radical (unpaired) electrons. The molecule has 0 bridgehead atoms. The summed E-state index contributed by atoms with van der Waals surface area (Å²) in [5.41, 5.74) is 6.76. The number of carbonyl (C=O) groups excluding carboxylic acids is 1. The maximum absolute atomic E-state index is 11.4. The van der Waals surface area contributed by atoms with Crippen molar-refractivity contribution < 1.29 is 9.53 Å². The summed E-state index contributed by atoms with van der Waals surface area (Å²) in [5.74, 6) is 0.546. The molecule has 0 aliphatic rings. The van der Waals surface area contributed by atoms with Crippen molar-refractivity contribution in [3.63, 3.8) is 0 Å². The predicted octanol–water partition coefficient (Wildman–Crippen LogP) is 1.61.